The molecule has 306 valence electrons. The minimum absolute atomic E-state index is 0.0106. The number of carbonyl (C=O) groups excluding carboxylic acids is 4. The summed E-state index contributed by atoms with van der Waals surface area (Å²) >= 11 is 0. The fourth-order valence-corrected chi connectivity index (χ4v) is 7.01. The molecule has 6 amide bonds. The van der Waals surface area contributed by atoms with Crippen molar-refractivity contribution in [3.8, 4) is 22.3 Å². The topological polar surface area (TPSA) is 225 Å². The van der Waals surface area contributed by atoms with Crippen LogP contribution in [0.3, 0.4) is 0 Å². The summed E-state index contributed by atoms with van der Waals surface area (Å²) in [5, 5.41) is 33.1. The molecule has 1 atom stereocenters. The predicted octanol–water partition coefficient (Wildman–Crippen LogP) is 6.84. The Hall–Kier alpha value is -7.53. The lowest BCUT2D eigenvalue weighted by Gasteiger charge is -2.11. The molecule has 0 saturated carbocycles. The van der Waals surface area contributed by atoms with E-state index in [1.807, 2.05) is 83.6 Å². The summed E-state index contributed by atoms with van der Waals surface area (Å²) in [7, 11) is 0. The van der Waals surface area contributed by atoms with Gasteiger partial charge in [-0.3, -0.25) is 30.4 Å². The molecule has 0 radical (unpaired) electrons. The summed E-state index contributed by atoms with van der Waals surface area (Å²) in [5.74, 6) is 0.259. The van der Waals surface area contributed by atoms with Gasteiger partial charge in [0, 0.05) is 73.6 Å². The zero-order chi connectivity index (χ0) is 41.3. The zero-order valence-corrected chi connectivity index (χ0v) is 32.6. The molecule has 1 saturated heterocycles. The zero-order valence-electron chi connectivity index (χ0n) is 32.6. The van der Waals surface area contributed by atoms with Gasteiger partial charge in [0.15, 0.2) is 11.6 Å². The van der Waals surface area contributed by atoms with Crippen molar-refractivity contribution in [3.63, 3.8) is 0 Å². The van der Waals surface area contributed by atoms with Gasteiger partial charge in [0.1, 0.15) is 0 Å². The first-order chi connectivity index (χ1) is 29.3. The molecule has 8 N–H and O–H groups in total. The number of fused-ring (bicyclic) bond motifs is 2. The van der Waals surface area contributed by atoms with Crippen molar-refractivity contribution in [2.45, 2.75) is 44.8 Å². The molecule has 1 aliphatic heterocycles. The van der Waals surface area contributed by atoms with Crippen molar-refractivity contribution in [2.75, 3.05) is 41.0 Å². The molecule has 0 spiro atoms. The Balaban J connectivity index is 0.803. The van der Waals surface area contributed by atoms with Gasteiger partial charge in [0.05, 0.1) is 23.5 Å². The van der Waals surface area contributed by atoms with Crippen LogP contribution in [0.5, 0.6) is 0 Å². The van der Waals surface area contributed by atoms with Crippen LogP contribution < -0.4 is 31.9 Å². The van der Waals surface area contributed by atoms with Crippen LogP contribution in [0.1, 0.15) is 32.1 Å². The predicted molar refractivity (Wildman–Crippen MR) is 229 cm³/mol. The van der Waals surface area contributed by atoms with Crippen LogP contribution in [0, 0.1) is 0 Å². The highest BCUT2D eigenvalue weighted by molar-refractivity contribution is 6.02. The van der Waals surface area contributed by atoms with Crippen LogP contribution in [-0.4, -0.2) is 79.6 Å². The molecule has 1 unspecified atom stereocenters. The Morgan fingerprint density at radius 2 is 1.28 bits per heavy atom. The number of carbonyl (C=O) groups is 4. The number of amides is 6. The average Bonchev–Trinajstić information content (AvgIpc) is 4.11. The Bertz CT molecular complexity index is 2630. The average molecular weight is 809 g/mol. The van der Waals surface area contributed by atoms with Crippen molar-refractivity contribution in [3.05, 3.63) is 104 Å². The lowest BCUT2D eigenvalue weighted by Crippen LogP contribution is -2.35. The highest BCUT2D eigenvalue weighted by Crippen LogP contribution is 2.30. The van der Waals surface area contributed by atoms with E-state index in [-0.39, 0.29) is 42.8 Å². The van der Waals surface area contributed by atoms with Crippen molar-refractivity contribution >= 4 is 68.7 Å². The number of nitrogens with one attached hydrogen (secondary N) is 8. The maximum Gasteiger partial charge on any atom is 0.320 e. The lowest BCUT2D eigenvalue weighted by atomic mass is 10.0. The smallest absolute Gasteiger partial charge is 0.320 e. The highest BCUT2D eigenvalue weighted by Gasteiger charge is 2.18. The summed E-state index contributed by atoms with van der Waals surface area (Å²) in [6, 6.07) is 25.6. The van der Waals surface area contributed by atoms with E-state index in [0.717, 1.165) is 76.5 Å². The fourth-order valence-electron chi connectivity index (χ4n) is 7.01. The Morgan fingerprint density at radius 1 is 0.700 bits per heavy atom. The summed E-state index contributed by atoms with van der Waals surface area (Å²) in [4.78, 5) is 54.8. The van der Waals surface area contributed by atoms with Gasteiger partial charge in [0.25, 0.3) is 0 Å². The van der Waals surface area contributed by atoms with Gasteiger partial charge in [-0.2, -0.15) is 10.2 Å². The number of nitrogens with zero attached hydrogens (tertiary/aromatic N) is 4. The third-order valence-electron chi connectivity index (χ3n) is 10.1. The second kappa shape index (κ2) is 18.4. The first-order valence-corrected chi connectivity index (χ1v) is 19.8. The summed E-state index contributed by atoms with van der Waals surface area (Å²) in [6.07, 6.45) is 8.05. The molecule has 1 fully saturated rings. The quantitative estimate of drug-likeness (QED) is 0.0511. The molecular weight excluding hydrogens is 765 g/mol. The number of hydrogen-bond acceptors (Lipinski definition) is 8. The summed E-state index contributed by atoms with van der Waals surface area (Å²) in [5.41, 5.74) is 6.17. The SMILES string of the molecule is O=C(CCC(=O)Nc1cccc(-c2ccc3c(NC(=O)NCC4CCCO4)n[nH]c3c2)c1)Nc1cccc(-c2ccc3c(NC(=O)NCCCn4ccnc4)n[nH]c3c2)c1. The first kappa shape index (κ1) is 39.3. The number of urea groups is 2. The van der Waals surface area contributed by atoms with Gasteiger partial charge >= 0.3 is 12.1 Å². The number of aryl methyl sites for hydroxylation is 1. The maximum absolute atomic E-state index is 12.9. The molecule has 7 aromatic rings. The molecule has 0 aliphatic carbocycles. The van der Waals surface area contributed by atoms with E-state index in [9.17, 15) is 19.2 Å². The van der Waals surface area contributed by atoms with Crippen molar-refractivity contribution in [2.24, 2.45) is 0 Å². The molecule has 8 rings (SSSR count). The van der Waals surface area contributed by atoms with Crippen LogP contribution in [0.2, 0.25) is 0 Å². The second-order valence-electron chi connectivity index (χ2n) is 14.4. The number of hydrogen-bond donors (Lipinski definition) is 8. The third-order valence-corrected chi connectivity index (χ3v) is 10.1. The molecule has 3 aromatic heterocycles. The lowest BCUT2D eigenvalue weighted by molar-refractivity contribution is -0.121. The first-order valence-electron chi connectivity index (χ1n) is 19.8. The van der Waals surface area contributed by atoms with E-state index < -0.39 is 0 Å². The van der Waals surface area contributed by atoms with E-state index >= 15 is 0 Å². The van der Waals surface area contributed by atoms with E-state index in [1.54, 1.807) is 24.7 Å². The van der Waals surface area contributed by atoms with Crippen LogP contribution in [0.4, 0.5) is 32.6 Å². The number of ether oxygens (including phenoxy) is 1. The normalized spacial score (nSPS) is 13.6. The molecule has 1 aliphatic rings. The third kappa shape index (κ3) is 9.94. The number of rotatable bonds is 15. The Kier molecular flexibility index (Phi) is 12.0. The maximum atomic E-state index is 12.9. The number of H-pyrrole nitrogens is 2. The standard InChI is InChI=1S/C43H44N12O5/c56-38(47-31-7-1-5-27(21-31)29-10-12-34-36(23-29)51-53-40(34)49-42(58)45-16-4-18-55-19-17-44-26-55)14-15-39(57)48-32-8-2-6-28(22-32)30-11-13-35-37(24-30)52-54-41(35)50-43(59)46-25-33-9-3-20-60-33/h1-2,5-8,10-13,17,19,21-24,26,33H,3-4,9,14-16,18,20,25H2,(H,47,56)(H,48,57)(H3,45,49,51,53,58)(H3,46,50,52,54,59). The van der Waals surface area contributed by atoms with Gasteiger partial charge in [-0.15, -0.1) is 0 Å². The van der Waals surface area contributed by atoms with E-state index in [0.29, 0.717) is 36.1 Å². The molecule has 4 aromatic carbocycles. The van der Waals surface area contributed by atoms with Gasteiger partial charge < -0.3 is 30.6 Å². The van der Waals surface area contributed by atoms with Crippen molar-refractivity contribution < 1.29 is 23.9 Å². The minimum atomic E-state index is -0.347. The second-order valence-corrected chi connectivity index (χ2v) is 14.4. The summed E-state index contributed by atoms with van der Waals surface area (Å²) in [6.45, 7) is 2.42. The molecule has 0 bridgehead atoms. The van der Waals surface area contributed by atoms with Gasteiger partial charge in [0.2, 0.25) is 11.8 Å². The van der Waals surface area contributed by atoms with Gasteiger partial charge in [-0.25, -0.2) is 14.6 Å². The number of imidazole rings is 1. The van der Waals surface area contributed by atoms with E-state index in [4.69, 9.17) is 4.74 Å². The van der Waals surface area contributed by atoms with Crippen molar-refractivity contribution in [1.29, 1.82) is 0 Å². The molecule has 60 heavy (non-hydrogen) atoms. The van der Waals surface area contributed by atoms with Crippen LogP contribution >= 0.6 is 0 Å². The minimum Gasteiger partial charge on any atom is -0.376 e. The molecule has 17 heteroatoms. The number of aromatic amines is 2. The summed E-state index contributed by atoms with van der Waals surface area (Å²) < 4.78 is 7.51. The largest absolute Gasteiger partial charge is 0.376 e. The van der Waals surface area contributed by atoms with Crippen LogP contribution in [-0.2, 0) is 20.9 Å². The highest BCUT2D eigenvalue weighted by atomic mass is 16.5. The fraction of sp³-hybridized carbons (Fsp3) is 0.233. The van der Waals surface area contributed by atoms with Gasteiger partial charge in [-0.1, -0.05) is 36.4 Å². The van der Waals surface area contributed by atoms with Crippen LogP contribution in [0.15, 0.2) is 104 Å². The monoisotopic (exact) mass is 808 g/mol. The Labute approximate surface area is 344 Å². The molecular formula is C43H44N12O5. The molecule has 4 heterocycles. The number of anilines is 4. The Morgan fingerprint density at radius 3 is 1.83 bits per heavy atom. The van der Waals surface area contributed by atoms with Crippen LogP contribution in [0.25, 0.3) is 44.1 Å². The van der Waals surface area contributed by atoms with E-state index in [2.05, 4.69) is 57.3 Å². The number of benzene rings is 4. The van der Waals surface area contributed by atoms with Crippen molar-refractivity contribution in [1.82, 2.24) is 40.6 Å². The van der Waals surface area contributed by atoms with E-state index in [1.165, 1.54) is 0 Å². The molecule has 17 nitrogen and oxygen atoms in total. The number of aromatic nitrogens is 6. The van der Waals surface area contributed by atoms with Gasteiger partial charge in [-0.05, 0) is 90.0 Å².